The number of hydrogen-bond donors (Lipinski definition) is 1. The van der Waals surface area contributed by atoms with Crippen LogP contribution in [0.25, 0.3) is 0 Å². The second-order valence-electron chi connectivity index (χ2n) is 6.24. The van der Waals surface area contributed by atoms with Crippen molar-refractivity contribution in [1.29, 1.82) is 0 Å². The van der Waals surface area contributed by atoms with Crippen LogP contribution < -0.4 is 5.32 Å². The fraction of sp³-hybridized carbons (Fsp3) is 0.786. The Morgan fingerprint density at radius 1 is 1.18 bits per heavy atom. The van der Waals surface area contributed by atoms with Crippen molar-refractivity contribution in [2.75, 3.05) is 6.54 Å². The lowest BCUT2D eigenvalue weighted by Crippen LogP contribution is -2.33. The fourth-order valence-electron chi connectivity index (χ4n) is 1.57. The zero-order valence-electron chi connectivity index (χ0n) is 12.3. The van der Waals surface area contributed by atoms with Gasteiger partial charge >= 0.3 is 6.09 Å². The van der Waals surface area contributed by atoms with Gasteiger partial charge in [-0.15, -0.1) is 0 Å². The first-order valence-electron chi connectivity index (χ1n) is 6.19. The van der Waals surface area contributed by atoms with E-state index in [-0.39, 0.29) is 11.5 Å². The third-order valence-corrected chi connectivity index (χ3v) is 2.37. The molecular weight excluding hydrogens is 214 g/mol. The Morgan fingerprint density at radius 2 is 1.71 bits per heavy atom. The summed E-state index contributed by atoms with van der Waals surface area (Å²) in [5, 5.41) is 2.77. The lowest BCUT2D eigenvalue weighted by Gasteiger charge is -2.24. The van der Waals surface area contributed by atoms with Crippen molar-refractivity contribution < 1.29 is 9.53 Å². The molecule has 0 aliphatic heterocycles. The van der Waals surface area contributed by atoms with Gasteiger partial charge in [0.05, 0.1) is 0 Å². The molecule has 0 aromatic rings. The molecule has 100 valence electrons. The molecule has 0 aliphatic rings. The summed E-state index contributed by atoms with van der Waals surface area (Å²) in [7, 11) is 0. The molecule has 0 rings (SSSR count). The number of allylic oxidation sites excluding steroid dienone is 1. The zero-order chi connectivity index (χ0) is 13.7. The second-order valence-corrected chi connectivity index (χ2v) is 6.24. The molecule has 0 aromatic heterocycles. The molecule has 1 amide bonds. The van der Waals surface area contributed by atoms with Gasteiger partial charge in [0.25, 0.3) is 0 Å². The minimum absolute atomic E-state index is 0.157. The first-order valence-corrected chi connectivity index (χ1v) is 6.19. The Labute approximate surface area is 106 Å². The van der Waals surface area contributed by atoms with Crippen LogP contribution in [0, 0.1) is 5.41 Å². The molecule has 0 spiro atoms. The van der Waals surface area contributed by atoms with Gasteiger partial charge in [0.2, 0.25) is 0 Å². The molecule has 3 nitrogen and oxygen atoms in total. The summed E-state index contributed by atoms with van der Waals surface area (Å²) in [4.78, 5) is 11.4. The first-order chi connectivity index (χ1) is 7.56. The van der Waals surface area contributed by atoms with Crippen molar-refractivity contribution in [3.63, 3.8) is 0 Å². The summed E-state index contributed by atoms with van der Waals surface area (Å²) >= 11 is 0. The highest BCUT2D eigenvalue weighted by molar-refractivity contribution is 5.67. The lowest BCUT2D eigenvalue weighted by atomic mass is 9.84. The Hall–Kier alpha value is -0.990. The molecule has 0 atom stereocenters. The average molecular weight is 241 g/mol. The van der Waals surface area contributed by atoms with Gasteiger partial charge in [-0.05, 0) is 39.5 Å². The quantitative estimate of drug-likeness (QED) is 0.761. The SMILES string of the molecule is C/C=C(/CCNC(=O)OC(C)(C)C)C(C)(C)C. The van der Waals surface area contributed by atoms with E-state index in [1.165, 1.54) is 5.57 Å². The average Bonchev–Trinajstić information content (AvgIpc) is 2.07. The lowest BCUT2D eigenvalue weighted by molar-refractivity contribution is 0.0528. The van der Waals surface area contributed by atoms with Crippen molar-refractivity contribution in [2.24, 2.45) is 5.41 Å². The minimum atomic E-state index is -0.433. The monoisotopic (exact) mass is 241 g/mol. The van der Waals surface area contributed by atoms with Crippen LogP contribution in [0.1, 0.15) is 54.9 Å². The smallest absolute Gasteiger partial charge is 0.407 e. The summed E-state index contributed by atoms with van der Waals surface area (Å²) in [5.74, 6) is 0. The van der Waals surface area contributed by atoms with E-state index in [0.717, 1.165) is 6.42 Å². The minimum Gasteiger partial charge on any atom is -0.444 e. The van der Waals surface area contributed by atoms with Gasteiger partial charge in [0.1, 0.15) is 5.60 Å². The van der Waals surface area contributed by atoms with E-state index in [4.69, 9.17) is 4.74 Å². The van der Waals surface area contributed by atoms with Crippen LogP contribution in [0.3, 0.4) is 0 Å². The number of amides is 1. The normalized spacial score (nSPS) is 13.5. The van der Waals surface area contributed by atoms with Crippen molar-refractivity contribution >= 4 is 6.09 Å². The van der Waals surface area contributed by atoms with Crippen LogP contribution in [-0.2, 0) is 4.74 Å². The molecule has 0 radical (unpaired) electrons. The van der Waals surface area contributed by atoms with Gasteiger partial charge in [0, 0.05) is 6.54 Å². The molecule has 17 heavy (non-hydrogen) atoms. The van der Waals surface area contributed by atoms with E-state index in [2.05, 4.69) is 32.2 Å². The van der Waals surface area contributed by atoms with E-state index in [1.54, 1.807) is 0 Å². The van der Waals surface area contributed by atoms with Crippen molar-refractivity contribution in [1.82, 2.24) is 5.32 Å². The Balaban J connectivity index is 4.04. The van der Waals surface area contributed by atoms with Gasteiger partial charge in [-0.2, -0.15) is 0 Å². The Morgan fingerprint density at radius 3 is 2.06 bits per heavy atom. The summed E-state index contributed by atoms with van der Waals surface area (Å²) in [6, 6.07) is 0. The summed E-state index contributed by atoms with van der Waals surface area (Å²) in [5.41, 5.74) is 1.07. The molecule has 0 aliphatic carbocycles. The van der Waals surface area contributed by atoms with Gasteiger partial charge in [-0.1, -0.05) is 32.4 Å². The highest BCUT2D eigenvalue weighted by Gasteiger charge is 2.18. The third-order valence-electron chi connectivity index (χ3n) is 2.37. The van der Waals surface area contributed by atoms with Crippen molar-refractivity contribution in [3.05, 3.63) is 11.6 Å². The molecule has 0 fully saturated rings. The molecular formula is C14H27NO2. The zero-order valence-corrected chi connectivity index (χ0v) is 12.3. The molecule has 3 heteroatoms. The first kappa shape index (κ1) is 16.0. The number of carbonyl (C=O) groups is 1. The topological polar surface area (TPSA) is 38.3 Å². The highest BCUT2D eigenvalue weighted by atomic mass is 16.6. The third kappa shape index (κ3) is 7.83. The predicted molar refractivity (Wildman–Crippen MR) is 72.1 cm³/mol. The largest absolute Gasteiger partial charge is 0.444 e. The number of rotatable bonds is 3. The van der Waals surface area contributed by atoms with Gasteiger partial charge < -0.3 is 10.1 Å². The number of hydrogen-bond acceptors (Lipinski definition) is 2. The van der Waals surface area contributed by atoms with Gasteiger partial charge in [-0.25, -0.2) is 4.79 Å². The molecule has 1 N–H and O–H groups in total. The Kier molecular flexibility index (Phi) is 5.73. The van der Waals surface area contributed by atoms with Crippen LogP contribution in [0.4, 0.5) is 4.79 Å². The highest BCUT2D eigenvalue weighted by Crippen LogP contribution is 2.27. The van der Waals surface area contributed by atoms with Gasteiger partial charge in [0.15, 0.2) is 0 Å². The van der Waals surface area contributed by atoms with E-state index >= 15 is 0 Å². The maximum atomic E-state index is 11.4. The standard InChI is InChI=1S/C14H27NO2/c1-8-11(13(2,3)4)9-10-15-12(16)17-14(5,6)7/h8H,9-10H2,1-7H3,(H,15,16)/b11-8-. The van der Waals surface area contributed by atoms with E-state index < -0.39 is 5.60 Å². The molecule has 0 unspecified atom stereocenters. The van der Waals surface area contributed by atoms with Crippen molar-refractivity contribution in [3.8, 4) is 0 Å². The van der Waals surface area contributed by atoms with E-state index in [9.17, 15) is 4.79 Å². The van der Waals surface area contributed by atoms with Crippen LogP contribution in [-0.4, -0.2) is 18.2 Å². The van der Waals surface area contributed by atoms with Gasteiger partial charge in [-0.3, -0.25) is 0 Å². The molecule has 0 aromatic carbocycles. The summed E-state index contributed by atoms with van der Waals surface area (Å²) in [6.07, 6.45) is 2.64. The van der Waals surface area contributed by atoms with Crippen LogP contribution in [0.5, 0.6) is 0 Å². The van der Waals surface area contributed by atoms with E-state index in [0.29, 0.717) is 6.54 Å². The molecule has 0 saturated carbocycles. The number of carbonyl (C=O) groups excluding carboxylic acids is 1. The number of nitrogens with one attached hydrogen (secondary N) is 1. The second kappa shape index (κ2) is 6.08. The maximum Gasteiger partial charge on any atom is 0.407 e. The molecule has 0 heterocycles. The summed E-state index contributed by atoms with van der Waals surface area (Å²) in [6.45, 7) is 14.8. The van der Waals surface area contributed by atoms with E-state index in [1.807, 2.05) is 27.7 Å². The molecule has 0 saturated heterocycles. The fourth-order valence-corrected chi connectivity index (χ4v) is 1.57. The number of alkyl carbamates (subject to hydrolysis) is 1. The van der Waals surface area contributed by atoms with Crippen molar-refractivity contribution in [2.45, 2.75) is 60.5 Å². The summed E-state index contributed by atoms with van der Waals surface area (Å²) < 4.78 is 5.17. The molecule has 0 bridgehead atoms. The Bertz CT molecular complexity index is 280. The van der Waals surface area contributed by atoms with Crippen LogP contribution >= 0.6 is 0 Å². The predicted octanol–water partition coefficient (Wildman–Crippen LogP) is 3.89. The van der Waals surface area contributed by atoms with Crippen LogP contribution in [0.15, 0.2) is 11.6 Å². The number of ether oxygens (including phenoxy) is 1. The maximum absolute atomic E-state index is 11.4. The van der Waals surface area contributed by atoms with Crippen LogP contribution in [0.2, 0.25) is 0 Å².